The summed E-state index contributed by atoms with van der Waals surface area (Å²) in [6.45, 7) is 2.59. The lowest BCUT2D eigenvalue weighted by Crippen LogP contribution is -2.15. The van der Waals surface area contributed by atoms with Gasteiger partial charge in [-0.15, -0.1) is 0 Å². The van der Waals surface area contributed by atoms with E-state index in [0.717, 1.165) is 0 Å². The molecule has 0 bridgehead atoms. The van der Waals surface area contributed by atoms with Gasteiger partial charge in [0.15, 0.2) is 0 Å². The maximum absolute atomic E-state index is 4.00. The minimum atomic E-state index is 0.688. The number of nitrogens with zero attached hydrogens (tertiary/aromatic N) is 3. The van der Waals surface area contributed by atoms with Gasteiger partial charge in [0.2, 0.25) is 0 Å². The van der Waals surface area contributed by atoms with Gasteiger partial charge in [0.1, 0.15) is 6.67 Å². The normalized spacial score (nSPS) is 11.4. The number of rotatable bonds is 3. The summed E-state index contributed by atoms with van der Waals surface area (Å²) in [6.07, 6.45) is 3.52. The van der Waals surface area contributed by atoms with Crippen LogP contribution < -0.4 is 0 Å². The highest BCUT2D eigenvalue weighted by Crippen LogP contribution is 1.75. The van der Waals surface area contributed by atoms with Crippen LogP contribution in [0.4, 0.5) is 0 Å². The minimum absolute atomic E-state index is 0.688. The SMILES string of the molecule is CC=NCN(C)C=NC. The van der Waals surface area contributed by atoms with Gasteiger partial charge in [-0.05, 0) is 13.1 Å². The van der Waals surface area contributed by atoms with Gasteiger partial charge >= 0.3 is 0 Å². The summed E-state index contributed by atoms with van der Waals surface area (Å²) in [7, 11) is 3.67. The Kier molecular flexibility index (Phi) is 4.78. The molecule has 9 heavy (non-hydrogen) atoms. The summed E-state index contributed by atoms with van der Waals surface area (Å²) in [5.41, 5.74) is 0. The third-order valence-corrected chi connectivity index (χ3v) is 0.800. The molecule has 0 fully saturated rings. The zero-order valence-electron chi connectivity index (χ0n) is 6.20. The van der Waals surface area contributed by atoms with Crippen molar-refractivity contribution in [3.63, 3.8) is 0 Å². The lowest BCUT2D eigenvalue weighted by Gasteiger charge is -2.06. The second-order valence-electron chi connectivity index (χ2n) is 1.71. The maximum atomic E-state index is 4.00. The van der Waals surface area contributed by atoms with Crippen molar-refractivity contribution >= 4 is 12.6 Å². The Morgan fingerprint density at radius 3 is 2.67 bits per heavy atom. The van der Waals surface area contributed by atoms with Crippen molar-refractivity contribution in [1.29, 1.82) is 0 Å². The van der Waals surface area contributed by atoms with Gasteiger partial charge in [-0.1, -0.05) is 0 Å². The van der Waals surface area contributed by atoms with Gasteiger partial charge in [-0.2, -0.15) is 0 Å². The fourth-order valence-corrected chi connectivity index (χ4v) is 0.444. The molecule has 0 N–H and O–H groups in total. The van der Waals surface area contributed by atoms with E-state index in [1.807, 2.05) is 18.9 Å². The van der Waals surface area contributed by atoms with Crippen molar-refractivity contribution in [2.45, 2.75) is 6.92 Å². The molecule has 0 aliphatic heterocycles. The molecule has 3 nitrogen and oxygen atoms in total. The molecule has 0 saturated carbocycles. The molecular formula is C6H13N3. The van der Waals surface area contributed by atoms with Crippen molar-refractivity contribution < 1.29 is 0 Å². The molecule has 0 aromatic heterocycles. The van der Waals surface area contributed by atoms with Gasteiger partial charge in [-0.25, -0.2) is 0 Å². The molecule has 0 aliphatic rings. The Labute approximate surface area is 56.1 Å². The predicted octanol–water partition coefficient (Wildman–Crippen LogP) is 0.625. The molecule has 0 saturated heterocycles. The fraction of sp³-hybridized carbons (Fsp3) is 0.667. The predicted molar refractivity (Wildman–Crippen MR) is 41.2 cm³/mol. The number of hydrogen-bond donors (Lipinski definition) is 0. The van der Waals surface area contributed by atoms with E-state index in [4.69, 9.17) is 0 Å². The smallest absolute Gasteiger partial charge is 0.110 e. The van der Waals surface area contributed by atoms with Crippen LogP contribution in [0, 0.1) is 0 Å². The van der Waals surface area contributed by atoms with E-state index in [0.29, 0.717) is 6.67 Å². The first-order valence-corrected chi connectivity index (χ1v) is 2.88. The minimum Gasteiger partial charge on any atom is -0.347 e. The van der Waals surface area contributed by atoms with Crippen LogP contribution in [0.25, 0.3) is 0 Å². The molecule has 0 amide bonds. The van der Waals surface area contributed by atoms with Crippen molar-refractivity contribution in [2.24, 2.45) is 9.98 Å². The van der Waals surface area contributed by atoms with Crippen LogP contribution in [0.2, 0.25) is 0 Å². The molecule has 3 heteroatoms. The molecule has 0 rings (SSSR count). The van der Waals surface area contributed by atoms with Crippen molar-refractivity contribution in [1.82, 2.24) is 4.90 Å². The molecule has 0 aromatic carbocycles. The first-order valence-electron chi connectivity index (χ1n) is 2.88. The van der Waals surface area contributed by atoms with Crippen LogP contribution in [-0.4, -0.2) is 38.2 Å². The number of aliphatic imine (C=N–C) groups is 2. The van der Waals surface area contributed by atoms with E-state index in [2.05, 4.69) is 9.98 Å². The fourth-order valence-electron chi connectivity index (χ4n) is 0.444. The quantitative estimate of drug-likeness (QED) is 0.403. The molecular weight excluding hydrogens is 114 g/mol. The van der Waals surface area contributed by atoms with E-state index in [1.165, 1.54) is 0 Å². The summed E-state index contributed by atoms with van der Waals surface area (Å²) in [4.78, 5) is 9.72. The van der Waals surface area contributed by atoms with Gasteiger partial charge in [0.25, 0.3) is 0 Å². The summed E-state index contributed by atoms with van der Waals surface area (Å²) in [6, 6.07) is 0. The third kappa shape index (κ3) is 5.00. The second-order valence-corrected chi connectivity index (χ2v) is 1.71. The largest absolute Gasteiger partial charge is 0.347 e. The molecule has 0 aliphatic carbocycles. The van der Waals surface area contributed by atoms with Crippen LogP contribution in [-0.2, 0) is 0 Å². The standard InChI is InChI=1S/C6H13N3/c1-4-8-6-9(3)5-7-2/h4-5H,6H2,1-3H3. The Balaban J connectivity index is 3.37. The molecule has 0 spiro atoms. The average Bonchev–Trinajstić information content (AvgIpc) is 1.85. The van der Waals surface area contributed by atoms with Crippen molar-refractivity contribution in [3.05, 3.63) is 0 Å². The summed E-state index contributed by atoms with van der Waals surface area (Å²) in [5.74, 6) is 0. The van der Waals surface area contributed by atoms with E-state index in [9.17, 15) is 0 Å². The van der Waals surface area contributed by atoms with Crippen LogP contribution in [0.15, 0.2) is 9.98 Å². The van der Waals surface area contributed by atoms with Gasteiger partial charge in [0.05, 0.1) is 6.34 Å². The molecule has 0 atom stereocenters. The Bertz CT molecular complexity index is 107. The highest BCUT2D eigenvalue weighted by atomic mass is 15.2. The molecule has 0 aromatic rings. The lowest BCUT2D eigenvalue weighted by atomic mass is 10.8. The second kappa shape index (κ2) is 5.28. The Morgan fingerprint density at radius 2 is 2.22 bits per heavy atom. The Hall–Kier alpha value is -0.860. The van der Waals surface area contributed by atoms with Crippen LogP contribution in [0.3, 0.4) is 0 Å². The van der Waals surface area contributed by atoms with E-state index >= 15 is 0 Å². The van der Waals surface area contributed by atoms with Crippen LogP contribution >= 0.6 is 0 Å². The van der Waals surface area contributed by atoms with Gasteiger partial charge in [0, 0.05) is 14.1 Å². The monoisotopic (exact) mass is 127 g/mol. The van der Waals surface area contributed by atoms with Gasteiger partial charge < -0.3 is 4.90 Å². The Morgan fingerprint density at radius 1 is 1.56 bits per heavy atom. The third-order valence-electron chi connectivity index (χ3n) is 0.800. The topological polar surface area (TPSA) is 28.0 Å². The van der Waals surface area contributed by atoms with Crippen molar-refractivity contribution in [3.8, 4) is 0 Å². The zero-order valence-corrected chi connectivity index (χ0v) is 6.20. The highest BCUT2D eigenvalue weighted by Gasteiger charge is 1.82. The molecule has 0 unspecified atom stereocenters. The maximum Gasteiger partial charge on any atom is 0.110 e. The molecule has 0 heterocycles. The zero-order chi connectivity index (χ0) is 7.11. The van der Waals surface area contributed by atoms with E-state index < -0.39 is 0 Å². The first kappa shape index (κ1) is 8.14. The van der Waals surface area contributed by atoms with Crippen LogP contribution in [0.5, 0.6) is 0 Å². The summed E-state index contributed by atoms with van der Waals surface area (Å²) < 4.78 is 0. The molecule has 0 radical (unpaired) electrons. The summed E-state index contributed by atoms with van der Waals surface area (Å²) >= 11 is 0. The highest BCUT2D eigenvalue weighted by molar-refractivity contribution is 5.56. The average molecular weight is 127 g/mol. The van der Waals surface area contributed by atoms with Crippen LogP contribution in [0.1, 0.15) is 6.92 Å². The number of hydrogen-bond acceptors (Lipinski definition) is 2. The van der Waals surface area contributed by atoms with E-state index in [-0.39, 0.29) is 0 Å². The van der Waals surface area contributed by atoms with Gasteiger partial charge in [-0.3, -0.25) is 9.98 Å². The first-order chi connectivity index (χ1) is 4.31. The van der Waals surface area contributed by atoms with Crippen molar-refractivity contribution in [2.75, 3.05) is 20.8 Å². The van der Waals surface area contributed by atoms with E-state index in [1.54, 1.807) is 19.6 Å². The summed E-state index contributed by atoms with van der Waals surface area (Å²) in [5, 5.41) is 0. The molecule has 52 valence electrons. The lowest BCUT2D eigenvalue weighted by molar-refractivity contribution is 0.539.